The Kier molecular flexibility index (Phi) is 11.3. The third-order valence-corrected chi connectivity index (χ3v) is 7.41. The lowest BCUT2D eigenvalue weighted by Gasteiger charge is -2.43. The van der Waals surface area contributed by atoms with Gasteiger partial charge < -0.3 is 24.7 Å². The maximum atomic E-state index is 13.4. The number of urea groups is 1. The van der Waals surface area contributed by atoms with Crippen LogP contribution >= 0.6 is 0 Å². The molecule has 2 aromatic rings. The molecule has 226 valence electrons. The average molecular weight is 571 g/mol. The zero-order valence-electron chi connectivity index (χ0n) is 25.4. The number of Topliss-reactive ketones (excluding diaryl/α,β-unsaturated/α-hetero) is 1. The van der Waals surface area contributed by atoms with Crippen molar-refractivity contribution in [1.82, 2.24) is 30.6 Å². The van der Waals surface area contributed by atoms with Crippen LogP contribution in [0.1, 0.15) is 83.8 Å². The van der Waals surface area contributed by atoms with Crippen LogP contribution in [-0.2, 0) is 4.79 Å². The molecule has 1 aromatic carbocycles. The molecular formula is C30H46N6O5. The predicted molar refractivity (Wildman–Crippen MR) is 157 cm³/mol. The zero-order valence-corrected chi connectivity index (χ0v) is 25.4. The Bertz CT molecular complexity index is 1140. The van der Waals surface area contributed by atoms with Crippen molar-refractivity contribution >= 4 is 17.7 Å². The number of carbonyl (C=O) groups is 3. The van der Waals surface area contributed by atoms with Crippen LogP contribution < -0.4 is 15.4 Å². The molecule has 1 aliphatic heterocycles. The van der Waals surface area contributed by atoms with Crippen molar-refractivity contribution in [2.45, 2.75) is 84.2 Å². The minimum Gasteiger partial charge on any atom is -0.497 e. The van der Waals surface area contributed by atoms with E-state index in [1.165, 1.54) is 6.42 Å². The van der Waals surface area contributed by atoms with Crippen LogP contribution in [0.25, 0.3) is 11.5 Å². The van der Waals surface area contributed by atoms with Gasteiger partial charge in [0.1, 0.15) is 11.3 Å². The van der Waals surface area contributed by atoms with Crippen molar-refractivity contribution in [2.24, 2.45) is 0 Å². The Morgan fingerprint density at radius 1 is 0.976 bits per heavy atom. The maximum absolute atomic E-state index is 13.4. The van der Waals surface area contributed by atoms with Gasteiger partial charge in [0, 0.05) is 37.3 Å². The van der Waals surface area contributed by atoms with Crippen molar-refractivity contribution in [3.8, 4) is 17.2 Å². The summed E-state index contributed by atoms with van der Waals surface area (Å²) >= 11 is 0. The average Bonchev–Trinajstić information content (AvgIpc) is 3.47. The molecule has 1 aromatic heterocycles. The van der Waals surface area contributed by atoms with Crippen LogP contribution in [0.15, 0.2) is 28.7 Å². The first kappa shape index (κ1) is 32.0. The highest BCUT2D eigenvalue weighted by Gasteiger charge is 2.42. The van der Waals surface area contributed by atoms with Crippen molar-refractivity contribution in [3.05, 3.63) is 30.2 Å². The molecule has 2 heterocycles. The molecule has 0 radical (unpaired) electrons. The summed E-state index contributed by atoms with van der Waals surface area (Å²) in [6.07, 6.45) is 4.97. The van der Waals surface area contributed by atoms with Gasteiger partial charge in [-0.25, -0.2) is 4.79 Å². The number of carbonyl (C=O) groups excluding carboxylic acids is 3. The second kappa shape index (κ2) is 14.4. The highest BCUT2D eigenvalue weighted by atomic mass is 16.5. The quantitative estimate of drug-likeness (QED) is 0.472. The number of nitrogens with one attached hydrogen (secondary N) is 2. The summed E-state index contributed by atoms with van der Waals surface area (Å²) in [6.45, 7) is 13.2. The first-order chi connectivity index (χ1) is 19.5. The number of benzene rings is 1. The lowest BCUT2D eigenvalue weighted by atomic mass is 9.81. The number of methoxy groups -OCH3 is 1. The number of hydrogen-bond donors (Lipinski definition) is 2. The number of ether oxygens (including phenoxy) is 1. The highest BCUT2D eigenvalue weighted by Crippen LogP contribution is 2.29. The molecule has 3 amide bonds. The van der Waals surface area contributed by atoms with Gasteiger partial charge in [-0.2, -0.15) is 0 Å². The monoisotopic (exact) mass is 570 g/mol. The Balaban J connectivity index is 0.00000147. The molecule has 0 atom stereocenters. The fourth-order valence-corrected chi connectivity index (χ4v) is 5.02. The molecule has 2 N–H and O–H groups in total. The number of rotatable bonds is 7. The summed E-state index contributed by atoms with van der Waals surface area (Å²) in [7, 11) is 1.57. The number of nitrogens with zero attached hydrogens (tertiary/aromatic N) is 4. The SMILES string of the molecule is CCC.COc1ccc(-c2nnc(C(=O)CNC(=O)C3(NC(=O)N4CCN(C(C)(C)C)CC4)CCCCC3)o2)cc1. The van der Waals surface area contributed by atoms with Gasteiger partial charge >= 0.3 is 6.03 Å². The first-order valence-corrected chi connectivity index (χ1v) is 14.6. The summed E-state index contributed by atoms with van der Waals surface area (Å²) in [5.74, 6) is -0.161. The minimum atomic E-state index is -1.04. The minimum absolute atomic E-state index is 0.0490. The Hall–Kier alpha value is -3.47. The van der Waals surface area contributed by atoms with Crippen molar-refractivity contribution in [1.29, 1.82) is 0 Å². The molecule has 41 heavy (non-hydrogen) atoms. The number of amides is 3. The molecule has 11 nitrogen and oxygen atoms in total. The fraction of sp³-hybridized carbons (Fsp3) is 0.633. The van der Waals surface area contributed by atoms with E-state index in [-0.39, 0.29) is 35.8 Å². The molecular weight excluding hydrogens is 524 g/mol. The van der Waals surface area contributed by atoms with Gasteiger partial charge in [-0.3, -0.25) is 14.5 Å². The van der Waals surface area contributed by atoms with Gasteiger partial charge in [0.25, 0.3) is 5.89 Å². The van der Waals surface area contributed by atoms with Crippen LogP contribution in [-0.4, -0.2) is 88.6 Å². The van der Waals surface area contributed by atoms with Gasteiger partial charge in [0.2, 0.25) is 17.6 Å². The normalized spacial score (nSPS) is 17.2. The predicted octanol–water partition coefficient (Wildman–Crippen LogP) is 4.29. The second-order valence-electron chi connectivity index (χ2n) is 11.7. The van der Waals surface area contributed by atoms with Crippen molar-refractivity contribution in [3.63, 3.8) is 0 Å². The molecule has 2 aliphatic rings. The second-order valence-corrected chi connectivity index (χ2v) is 11.7. The summed E-state index contributed by atoms with van der Waals surface area (Å²) in [4.78, 5) is 43.4. The first-order valence-electron chi connectivity index (χ1n) is 14.6. The van der Waals surface area contributed by atoms with Crippen LogP contribution in [0.5, 0.6) is 5.75 Å². The third kappa shape index (κ3) is 8.51. The number of ketones is 1. The molecule has 11 heteroatoms. The van der Waals surface area contributed by atoms with E-state index in [0.717, 1.165) is 32.4 Å². The van der Waals surface area contributed by atoms with E-state index >= 15 is 0 Å². The van der Waals surface area contributed by atoms with E-state index in [1.54, 1.807) is 36.3 Å². The molecule has 0 bridgehead atoms. The van der Waals surface area contributed by atoms with Crippen molar-refractivity contribution < 1.29 is 23.5 Å². The van der Waals surface area contributed by atoms with E-state index in [9.17, 15) is 14.4 Å². The van der Waals surface area contributed by atoms with Crippen LogP contribution in [0, 0.1) is 0 Å². The van der Waals surface area contributed by atoms with Gasteiger partial charge in [0.15, 0.2) is 0 Å². The summed E-state index contributed by atoms with van der Waals surface area (Å²) in [5, 5.41) is 13.5. The number of hydrogen-bond acceptors (Lipinski definition) is 8. The van der Waals surface area contributed by atoms with Gasteiger partial charge in [0.05, 0.1) is 13.7 Å². The lowest BCUT2D eigenvalue weighted by molar-refractivity contribution is -0.128. The number of piperazine rings is 1. The summed E-state index contributed by atoms with van der Waals surface area (Å²) < 4.78 is 10.7. The molecule has 2 fully saturated rings. The van der Waals surface area contributed by atoms with E-state index in [1.807, 2.05) is 0 Å². The van der Waals surface area contributed by atoms with Crippen LogP contribution in [0.3, 0.4) is 0 Å². The van der Waals surface area contributed by atoms with Crippen LogP contribution in [0.4, 0.5) is 4.79 Å². The van der Waals surface area contributed by atoms with Crippen LogP contribution in [0.2, 0.25) is 0 Å². The maximum Gasteiger partial charge on any atom is 0.318 e. The van der Waals surface area contributed by atoms with Gasteiger partial charge in [-0.05, 0) is 57.9 Å². The molecule has 1 saturated carbocycles. The standard InChI is InChI=1S/C27H38N6O5.C3H8/c1-26(2,3)33-16-14-32(15-17-33)25(36)29-27(12-6-5-7-13-27)24(35)28-18-21(34)23-31-30-22(38-23)19-8-10-20(37-4)11-9-19;1-3-2/h8-11H,5-7,12-18H2,1-4H3,(H,28,35)(H,29,36);3H2,1-2H3. The summed E-state index contributed by atoms with van der Waals surface area (Å²) in [6, 6.07) is 6.78. The van der Waals surface area contributed by atoms with E-state index in [0.29, 0.717) is 37.2 Å². The Morgan fingerprint density at radius 2 is 1.59 bits per heavy atom. The van der Waals surface area contributed by atoms with Crippen molar-refractivity contribution in [2.75, 3.05) is 39.8 Å². The lowest BCUT2D eigenvalue weighted by Crippen LogP contribution is -2.64. The smallest absolute Gasteiger partial charge is 0.318 e. The Labute approximate surface area is 243 Å². The topological polar surface area (TPSA) is 130 Å². The van der Waals surface area contributed by atoms with E-state index in [4.69, 9.17) is 9.15 Å². The van der Waals surface area contributed by atoms with Gasteiger partial charge in [-0.15, -0.1) is 10.2 Å². The zero-order chi connectivity index (χ0) is 30.0. The summed E-state index contributed by atoms with van der Waals surface area (Å²) in [5.41, 5.74) is -0.346. The molecule has 1 aliphatic carbocycles. The Morgan fingerprint density at radius 3 is 2.15 bits per heavy atom. The molecule has 4 rings (SSSR count). The molecule has 1 saturated heterocycles. The molecule has 0 unspecified atom stereocenters. The fourth-order valence-electron chi connectivity index (χ4n) is 5.02. The van der Waals surface area contributed by atoms with E-state index < -0.39 is 11.3 Å². The third-order valence-electron chi connectivity index (χ3n) is 7.41. The molecule has 0 spiro atoms. The number of aromatic nitrogens is 2. The van der Waals surface area contributed by atoms with Gasteiger partial charge in [-0.1, -0.05) is 39.5 Å². The highest BCUT2D eigenvalue weighted by molar-refractivity contribution is 5.98. The van der Waals surface area contributed by atoms with E-state index in [2.05, 4.69) is 60.3 Å². The largest absolute Gasteiger partial charge is 0.497 e.